The minimum atomic E-state index is 0.120. The summed E-state index contributed by atoms with van der Waals surface area (Å²) in [5.74, 6) is 1.61. The van der Waals surface area contributed by atoms with Gasteiger partial charge in [-0.25, -0.2) is 9.50 Å². The quantitative estimate of drug-likeness (QED) is 0.393. The first-order valence-corrected chi connectivity index (χ1v) is 11.2. The van der Waals surface area contributed by atoms with Crippen LogP contribution in [-0.4, -0.2) is 25.4 Å². The Kier molecular flexibility index (Phi) is 4.93. The number of nitrogens with zero attached hydrogens (tertiary/aromatic N) is 4. The van der Waals surface area contributed by atoms with Gasteiger partial charge in [0.15, 0.2) is 5.78 Å². The molecule has 2 heterocycles. The summed E-state index contributed by atoms with van der Waals surface area (Å²) in [7, 11) is 0. The van der Waals surface area contributed by atoms with Gasteiger partial charge < -0.3 is 0 Å². The molecule has 2 aromatic heterocycles. The van der Waals surface area contributed by atoms with E-state index in [0.29, 0.717) is 22.9 Å². The van der Waals surface area contributed by atoms with Crippen LogP contribution in [0.15, 0.2) is 70.4 Å². The zero-order valence-corrected chi connectivity index (χ0v) is 17.9. The van der Waals surface area contributed by atoms with Crippen LogP contribution in [0, 0.1) is 0 Å². The van der Waals surface area contributed by atoms with Crippen molar-refractivity contribution in [3.05, 3.63) is 87.7 Å². The van der Waals surface area contributed by atoms with E-state index in [9.17, 15) is 4.79 Å². The molecular weight excluding hydrogens is 448 g/mol. The van der Waals surface area contributed by atoms with Gasteiger partial charge in [-0.3, -0.25) is 4.79 Å². The molecule has 0 radical (unpaired) electrons. The van der Waals surface area contributed by atoms with Gasteiger partial charge in [-0.1, -0.05) is 70.2 Å². The van der Waals surface area contributed by atoms with E-state index < -0.39 is 0 Å². The number of fused-ring (bicyclic) bond motifs is 2. The van der Waals surface area contributed by atoms with E-state index in [1.165, 1.54) is 11.1 Å². The molecule has 0 saturated carbocycles. The van der Waals surface area contributed by atoms with Crippen LogP contribution >= 0.6 is 27.7 Å². The van der Waals surface area contributed by atoms with E-state index in [0.717, 1.165) is 22.3 Å². The minimum Gasteiger partial charge on any atom is -0.294 e. The SMILES string of the molecule is O=C1CC(c2ccccc2)Cc2nc3nc(SCc4ccc(Br)cc4)nn3cc21. The molecule has 5 nitrogen and oxygen atoms in total. The standard InChI is InChI=1S/C22H17BrN4OS/c23-17-8-6-14(7-9-17)13-29-22-25-21-24-19-10-16(15-4-2-1-3-5-15)11-20(28)18(19)12-27(21)26-22/h1-9,12,16H,10-11,13H2. The predicted octanol–water partition coefficient (Wildman–Crippen LogP) is 5.09. The van der Waals surface area contributed by atoms with E-state index in [1.807, 2.05) is 30.3 Å². The number of carbonyl (C=O) groups excluding carboxylic acids is 1. The van der Waals surface area contributed by atoms with E-state index >= 15 is 0 Å². The lowest BCUT2D eigenvalue weighted by Gasteiger charge is -2.22. The van der Waals surface area contributed by atoms with Crippen molar-refractivity contribution in [1.82, 2.24) is 19.6 Å². The molecule has 0 fully saturated rings. The van der Waals surface area contributed by atoms with Crippen LogP contribution < -0.4 is 0 Å². The Hall–Kier alpha value is -2.51. The predicted molar refractivity (Wildman–Crippen MR) is 116 cm³/mol. The Balaban J connectivity index is 1.40. The summed E-state index contributed by atoms with van der Waals surface area (Å²) in [6.45, 7) is 0. The second-order valence-corrected chi connectivity index (χ2v) is 8.95. The van der Waals surface area contributed by atoms with Crippen molar-refractivity contribution < 1.29 is 4.79 Å². The normalized spacial score (nSPS) is 16.2. The van der Waals surface area contributed by atoms with Crippen LogP contribution in [0.25, 0.3) is 5.78 Å². The van der Waals surface area contributed by atoms with Crippen molar-refractivity contribution in [1.29, 1.82) is 0 Å². The molecule has 144 valence electrons. The third-order valence-corrected chi connectivity index (χ3v) is 6.55. The van der Waals surface area contributed by atoms with Gasteiger partial charge in [0, 0.05) is 22.8 Å². The molecule has 0 saturated heterocycles. The van der Waals surface area contributed by atoms with Crippen LogP contribution in [0.5, 0.6) is 0 Å². The van der Waals surface area contributed by atoms with Crippen molar-refractivity contribution in [3.63, 3.8) is 0 Å². The summed E-state index contributed by atoms with van der Waals surface area (Å²) < 4.78 is 2.69. The maximum atomic E-state index is 12.7. The van der Waals surface area contributed by atoms with E-state index in [1.54, 1.807) is 22.5 Å². The number of carbonyl (C=O) groups is 1. The Morgan fingerprint density at radius 1 is 1.03 bits per heavy atom. The topological polar surface area (TPSA) is 60.2 Å². The third-order valence-electron chi connectivity index (χ3n) is 5.12. The van der Waals surface area contributed by atoms with Gasteiger partial charge in [0.05, 0.1) is 11.3 Å². The van der Waals surface area contributed by atoms with Crippen molar-refractivity contribution in [2.75, 3.05) is 0 Å². The third kappa shape index (κ3) is 3.84. The van der Waals surface area contributed by atoms with E-state index in [2.05, 4.69) is 55.3 Å². The van der Waals surface area contributed by atoms with Gasteiger partial charge in [-0.05, 0) is 35.6 Å². The molecule has 1 aliphatic carbocycles. The molecule has 7 heteroatoms. The van der Waals surface area contributed by atoms with Crippen molar-refractivity contribution in [2.24, 2.45) is 0 Å². The molecule has 29 heavy (non-hydrogen) atoms. The van der Waals surface area contributed by atoms with Crippen LogP contribution in [0.3, 0.4) is 0 Å². The number of ketones is 1. The fourth-order valence-corrected chi connectivity index (χ4v) is 4.66. The summed E-state index contributed by atoms with van der Waals surface area (Å²) in [6, 6.07) is 18.4. The molecule has 2 aromatic carbocycles. The smallest absolute Gasteiger partial charge is 0.253 e. The number of rotatable bonds is 4. The Morgan fingerprint density at radius 2 is 1.83 bits per heavy atom. The first-order valence-electron chi connectivity index (χ1n) is 9.37. The molecule has 0 amide bonds. The molecule has 1 unspecified atom stereocenters. The van der Waals surface area contributed by atoms with Crippen LogP contribution in [0.2, 0.25) is 0 Å². The van der Waals surface area contributed by atoms with Gasteiger partial charge >= 0.3 is 0 Å². The number of halogens is 1. The number of hydrogen-bond acceptors (Lipinski definition) is 5. The first-order chi connectivity index (χ1) is 14.2. The highest BCUT2D eigenvalue weighted by molar-refractivity contribution is 9.10. The number of thioether (sulfide) groups is 1. The second kappa shape index (κ2) is 7.72. The summed E-state index contributed by atoms with van der Waals surface area (Å²) in [6.07, 6.45) is 3.04. The molecule has 0 N–H and O–H groups in total. The Bertz CT molecular complexity index is 1190. The van der Waals surface area contributed by atoms with Crippen molar-refractivity contribution in [2.45, 2.75) is 29.7 Å². The summed E-state index contributed by atoms with van der Waals surface area (Å²) in [4.78, 5) is 22.0. The molecule has 4 aromatic rings. The highest BCUT2D eigenvalue weighted by atomic mass is 79.9. The molecule has 1 atom stereocenters. The van der Waals surface area contributed by atoms with Crippen molar-refractivity contribution >= 4 is 39.3 Å². The molecule has 1 aliphatic rings. The summed E-state index contributed by atoms with van der Waals surface area (Å²) in [5.41, 5.74) is 3.86. The zero-order valence-electron chi connectivity index (χ0n) is 15.5. The lowest BCUT2D eigenvalue weighted by atomic mass is 9.82. The minimum absolute atomic E-state index is 0.120. The Morgan fingerprint density at radius 3 is 2.62 bits per heavy atom. The van der Waals surface area contributed by atoms with Crippen LogP contribution in [-0.2, 0) is 12.2 Å². The fraction of sp³-hybridized carbons (Fsp3) is 0.182. The average molecular weight is 465 g/mol. The number of hydrogen-bond donors (Lipinski definition) is 0. The maximum Gasteiger partial charge on any atom is 0.253 e. The van der Waals surface area contributed by atoms with Crippen LogP contribution in [0.4, 0.5) is 0 Å². The van der Waals surface area contributed by atoms with Gasteiger partial charge in [-0.2, -0.15) is 4.98 Å². The molecule has 0 spiro atoms. The Labute approximate surface area is 180 Å². The highest BCUT2D eigenvalue weighted by Gasteiger charge is 2.28. The first kappa shape index (κ1) is 18.5. The molecule has 0 bridgehead atoms. The van der Waals surface area contributed by atoms with Crippen LogP contribution in [0.1, 0.15) is 39.5 Å². The lowest BCUT2D eigenvalue weighted by molar-refractivity contribution is 0.0962. The monoisotopic (exact) mass is 464 g/mol. The van der Waals surface area contributed by atoms with E-state index in [-0.39, 0.29) is 11.7 Å². The van der Waals surface area contributed by atoms with E-state index in [4.69, 9.17) is 0 Å². The number of benzene rings is 2. The molecule has 0 aliphatic heterocycles. The van der Waals surface area contributed by atoms with Gasteiger partial charge in [0.2, 0.25) is 5.16 Å². The average Bonchev–Trinajstić information content (AvgIpc) is 3.14. The largest absolute Gasteiger partial charge is 0.294 e. The van der Waals surface area contributed by atoms with Gasteiger partial charge in [-0.15, -0.1) is 5.10 Å². The molecular formula is C22H17BrN4OS. The fourth-order valence-electron chi connectivity index (χ4n) is 3.61. The highest BCUT2D eigenvalue weighted by Crippen LogP contribution is 2.32. The van der Waals surface area contributed by atoms with Gasteiger partial charge in [0.25, 0.3) is 5.78 Å². The lowest BCUT2D eigenvalue weighted by Crippen LogP contribution is -2.21. The second-order valence-electron chi connectivity index (χ2n) is 7.09. The van der Waals surface area contributed by atoms with Gasteiger partial charge in [0.1, 0.15) is 0 Å². The molecule has 5 rings (SSSR count). The summed E-state index contributed by atoms with van der Waals surface area (Å²) in [5, 5.41) is 5.17. The number of aromatic nitrogens is 4. The summed E-state index contributed by atoms with van der Waals surface area (Å²) >= 11 is 5.01. The zero-order chi connectivity index (χ0) is 19.8. The van der Waals surface area contributed by atoms with Crippen molar-refractivity contribution in [3.8, 4) is 0 Å². The number of Topliss-reactive ketones (excluding diaryl/α,β-unsaturated/α-hetero) is 1. The maximum absolute atomic E-state index is 12.7.